The molecular weight excluding hydrogens is 701 g/mol. The fourth-order valence-electron chi connectivity index (χ4n) is 7.01. The summed E-state index contributed by atoms with van der Waals surface area (Å²) >= 11 is 10.5. The molecule has 0 fully saturated rings. The Hall–Kier alpha value is -2.77. The van der Waals surface area contributed by atoms with E-state index in [1.165, 1.54) is 61.4 Å². The van der Waals surface area contributed by atoms with Crippen LogP contribution in [0.2, 0.25) is 13.7 Å². The number of halogens is 4. The molecule has 0 atom stereocenters. The monoisotopic (exact) mass is 724 g/mol. The molecule has 0 bridgehead atoms. The molecule has 6 aromatic rings. The Labute approximate surface area is 288 Å². The van der Waals surface area contributed by atoms with Gasteiger partial charge in [0.1, 0.15) is 0 Å². The molecule has 8 rings (SSSR count). The minimum atomic E-state index is -2.83. The van der Waals surface area contributed by atoms with Gasteiger partial charge in [0.2, 0.25) is 0 Å². The van der Waals surface area contributed by atoms with Gasteiger partial charge in [-0.05, 0) is 0 Å². The van der Waals surface area contributed by atoms with Crippen molar-refractivity contribution in [2.45, 2.75) is 10.0 Å². The molecule has 5 heteroatoms. The second-order valence-electron chi connectivity index (χ2n) is 11.1. The van der Waals surface area contributed by atoms with E-state index in [0.29, 0.717) is 3.63 Å². The number of rotatable bonds is 4. The van der Waals surface area contributed by atoms with Crippen LogP contribution >= 0.6 is 23.2 Å². The number of fused-ring (bicyclic) bond motifs is 8. The second-order valence-corrected chi connectivity index (χ2v) is 18.2. The van der Waals surface area contributed by atoms with Crippen molar-refractivity contribution in [2.24, 2.45) is 0 Å². The molecule has 0 unspecified atom stereocenters. The minimum Gasteiger partial charge on any atom is -1.00 e. The molecule has 0 aliphatic heterocycles. The smallest absolute Gasteiger partial charge is 1.00 e. The SMILES string of the molecule is Clc1cccc([C](c2cccc(Cl)c2)=[Zr+2]([c]2cccc3c2c2c(c4ccccc43)-c3ccccc3C2)[CH]2C=CC=C2)c1.[Cl-].[Cl-]. The third-order valence-corrected chi connectivity index (χ3v) is 16.9. The first kappa shape index (κ1) is 31.2. The van der Waals surface area contributed by atoms with Crippen LogP contribution in [0.25, 0.3) is 32.7 Å². The summed E-state index contributed by atoms with van der Waals surface area (Å²) < 4.78 is 3.33. The number of benzene rings is 6. The van der Waals surface area contributed by atoms with E-state index in [4.69, 9.17) is 23.2 Å². The first-order valence-electron chi connectivity index (χ1n) is 14.3. The van der Waals surface area contributed by atoms with Crippen LogP contribution in [0, 0.1) is 0 Å². The fraction of sp³-hybridized carbons (Fsp3) is 0.0513. The van der Waals surface area contributed by atoms with Crippen LogP contribution in [0.3, 0.4) is 0 Å². The Balaban J connectivity index is 0.00000171. The maximum absolute atomic E-state index is 6.66. The van der Waals surface area contributed by atoms with Crippen molar-refractivity contribution in [3.8, 4) is 11.1 Å². The quantitative estimate of drug-likeness (QED) is 0.238. The van der Waals surface area contributed by atoms with Crippen LogP contribution in [-0.2, 0) is 27.7 Å². The van der Waals surface area contributed by atoms with E-state index in [9.17, 15) is 0 Å². The predicted molar refractivity (Wildman–Crippen MR) is 177 cm³/mol. The summed E-state index contributed by atoms with van der Waals surface area (Å²) in [6.07, 6.45) is 10.2. The zero-order chi connectivity index (χ0) is 28.2. The average Bonchev–Trinajstić information content (AvgIpc) is 3.68. The molecule has 0 saturated carbocycles. The summed E-state index contributed by atoms with van der Waals surface area (Å²) in [5.74, 6) is 0. The van der Waals surface area contributed by atoms with Crippen molar-refractivity contribution in [3.05, 3.63) is 172 Å². The molecule has 0 nitrogen and oxygen atoms in total. The van der Waals surface area contributed by atoms with Gasteiger partial charge in [0.25, 0.3) is 0 Å². The van der Waals surface area contributed by atoms with Crippen molar-refractivity contribution in [2.75, 3.05) is 0 Å². The van der Waals surface area contributed by atoms with E-state index >= 15 is 0 Å². The van der Waals surface area contributed by atoms with Gasteiger partial charge in [-0.25, -0.2) is 0 Å². The maximum atomic E-state index is 6.66. The summed E-state index contributed by atoms with van der Waals surface area (Å²) in [4.78, 5) is 0. The van der Waals surface area contributed by atoms with Gasteiger partial charge in [-0.1, -0.05) is 0 Å². The van der Waals surface area contributed by atoms with E-state index in [1.54, 1.807) is 0 Å². The zero-order valence-corrected chi connectivity index (χ0v) is 29.1. The van der Waals surface area contributed by atoms with E-state index in [1.807, 2.05) is 12.1 Å². The molecule has 0 aromatic heterocycles. The van der Waals surface area contributed by atoms with E-state index < -0.39 is 21.3 Å². The van der Waals surface area contributed by atoms with Crippen molar-refractivity contribution >= 4 is 51.2 Å². The van der Waals surface area contributed by atoms with E-state index in [2.05, 4.69) is 127 Å². The summed E-state index contributed by atoms with van der Waals surface area (Å²) in [6.45, 7) is 0. The molecular formula is C39H26Cl4Zr. The second kappa shape index (κ2) is 12.9. The summed E-state index contributed by atoms with van der Waals surface area (Å²) in [5, 5.41) is 7.00. The summed E-state index contributed by atoms with van der Waals surface area (Å²) in [5.41, 5.74) is 8.07. The Morgan fingerprint density at radius 3 is 1.89 bits per heavy atom. The normalized spacial score (nSPS) is 12.8. The van der Waals surface area contributed by atoms with Crippen LogP contribution in [-0.4, -0.2) is 3.21 Å². The molecule has 214 valence electrons. The first-order chi connectivity index (χ1) is 20.7. The third kappa shape index (κ3) is 5.28. The topological polar surface area (TPSA) is 0 Å². The van der Waals surface area contributed by atoms with Crippen LogP contribution < -0.4 is 28.1 Å². The number of allylic oxidation sites excluding steroid dienone is 4. The molecule has 44 heavy (non-hydrogen) atoms. The van der Waals surface area contributed by atoms with Gasteiger partial charge in [0, 0.05) is 0 Å². The van der Waals surface area contributed by atoms with Gasteiger partial charge in [-0.15, -0.1) is 0 Å². The van der Waals surface area contributed by atoms with Gasteiger partial charge < -0.3 is 24.8 Å². The molecule has 0 N–H and O–H groups in total. The molecule has 6 aromatic carbocycles. The average molecular weight is 728 g/mol. The molecule has 0 spiro atoms. The Morgan fingerprint density at radius 1 is 0.614 bits per heavy atom. The van der Waals surface area contributed by atoms with Crippen LogP contribution in [0.5, 0.6) is 0 Å². The molecule has 2 aliphatic carbocycles. The Bertz CT molecular complexity index is 2100. The Morgan fingerprint density at radius 2 is 1.20 bits per heavy atom. The van der Waals surface area contributed by atoms with Crippen LogP contribution in [0.1, 0.15) is 22.3 Å². The molecule has 0 radical (unpaired) electrons. The standard InChI is InChI=1S/C21H13.C13H8Cl2.C5H5.2ClH.Zr/c1-2-8-15-14(7-1)13-20-18-11-4-3-9-16(18)17-10-5-6-12-19(17)21(15)20;14-12-5-1-3-10(8-12)7-11-4-2-6-13(15)9-11;1-2-4-5-3-1;;;/h1-10,12H,13H2;1-6,8-9H;1-5H;2*1H;/q;;;;;+2/p-2. The molecule has 0 amide bonds. The van der Waals surface area contributed by atoms with Gasteiger partial charge in [0.05, 0.1) is 0 Å². The molecule has 0 saturated heterocycles. The number of hydrogen-bond acceptors (Lipinski definition) is 0. The van der Waals surface area contributed by atoms with Crippen molar-refractivity contribution in [1.29, 1.82) is 0 Å². The van der Waals surface area contributed by atoms with Crippen molar-refractivity contribution < 1.29 is 46.1 Å². The van der Waals surface area contributed by atoms with Crippen LogP contribution in [0.15, 0.2) is 140 Å². The molecule has 2 aliphatic rings. The minimum absolute atomic E-state index is 0. The van der Waals surface area contributed by atoms with Gasteiger partial charge in [0.15, 0.2) is 0 Å². The predicted octanol–water partition coefficient (Wildman–Crippen LogP) is 4.31. The van der Waals surface area contributed by atoms with E-state index in [-0.39, 0.29) is 24.8 Å². The van der Waals surface area contributed by atoms with Gasteiger partial charge in [-0.2, -0.15) is 0 Å². The van der Waals surface area contributed by atoms with Crippen molar-refractivity contribution in [3.63, 3.8) is 0 Å². The van der Waals surface area contributed by atoms with Gasteiger partial charge in [-0.3, -0.25) is 0 Å². The zero-order valence-electron chi connectivity index (χ0n) is 23.6. The number of hydrogen-bond donors (Lipinski definition) is 0. The third-order valence-electron chi connectivity index (χ3n) is 8.68. The van der Waals surface area contributed by atoms with Crippen molar-refractivity contribution in [1.82, 2.24) is 0 Å². The fourth-order valence-corrected chi connectivity index (χ4v) is 15.6. The summed E-state index contributed by atoms with van der Waals surface area (Å²) in [7, 11) is 0. The Kier molecular flexibility index (Phi) is 9.17. The molecule has 0 heterocycles. The largest absolute Gasteiger partial charge is 1.00 e. The van der Waals surface area contributed by atoms with Crippen LogP contribution in [0.4, 0.5) is 0 Å². The van der Waals surface area contributed by atoms with Gasteiger partial charge >= 0.3 is 266 Å². The summed E-state index contributed by atoms with van der Waals surface area (Å²) in [6, 6.07) is 41.8. The maximum Gasteiger partial charge on any atom is -1.00 e. The first-order valence-corrected chi connectivity index (χ1v) is 19.0. The van der Waals surface area contributed by atoms with E-state index in [0.717, 1.165) is 16.5 Å².